The quantitative estimate of drug-likeness (QED) is 0.782. The zero-order chi connectivity index (χ0) is 13.7. The minimum Gasteiger partial charge on any atom is -0.351 e. The highest BCUT2D eigenvalue weighted by molar-refractivity contribution is 6.17. The number of anilines is 1. The molecule has 2 aromatic rings. The molecule has 4 heteroatoms. The van der Waals surface area contributed by atoms with Crippen LogP contribution in [0.25, 0.3) is 0 Å². The Balaban J connectivity index is 2.19. The van der Waals surface area contributed by atoms with Gasteiger partial charge in [0.15, 0.2) is 0 Å². The summed E-state index contributed by atoms with van der Waals surface area (Å²) in [4.78, 5) is 11.1. The Morgan fingerprint density at radius 1 is 1.26 bits per heavy atom. The van der Waals surface area contributed by atoms with Crippen molar-refractivity contribution in [3.8, 4) is 0 Å². The molecule has 3 nitrogen and oxygen atoms in total. The van der Waals surface area contributed by atoms with Gasteiger partial charge in [0.25, 0.3) is 0 Å². The van der Waals surface area contributed by atoms with Gasteiger partial charge in [-0.15, -0.1) is 11.6 Å². The van der Waals surface area contributed by atoms with Crippen LogP contribution in [0.5, 0.6) is 0 Å². The lowest BCUT2D eigenvalue weighted by atomic mass is 10.2. The molecule has 0 N–H and O–H groups in total. The van der Waals surface area contributed by atoms with Gasteiger partial charge in [0.2, 0.25) is 0 Å². The Kier molecular flexibility index (Phi) is 4.74. The number of aryl methyl sites for hydroxylation is 1. The lowest BCUT2D eigenvalue weighted by Crippen LogP contribution is -2.23. The second-order valence-electron chi connectivity index (χ2n) is 4.44. The van der Waals surface area contributed by atoms with E-state index in [1.54, 1.807) is 6.20 Å². The summed E-state index contributed by atoms with van der Waals surface area (Å²) in [6.45, 7) is 5.77. The minimum absolute atomic E-state index is 0.510. The summed E-state index contributed by atoms with van der Waals surface area (Å²) in [5.41, 5.74) is 3.18. The lowest BCUT2D eigenvalue weighted by molar-refractivity contribution is 0.790. The van der Waals surface area contributed by atoms with Gasteiger partial charge in [-0.05, 0) is 43.7 Å². The molecule has 19 heavy (non-hydrogen) atoms. The molecular formula is C15H18ClN3. The van der Waals surface area contributed by atoms with Crippen LogP contribution in [0.1, 0.15) is 23.9 Å². The summed E-state index contributed by atoms with van der Waals surface area (Å²) in [6.07, 6.45) is 1.80. The molecule has 2 aromatic heterocycles. The van der Waals surface area contributed by atoms with Crippen LogP contribution in [0.2, 0.25) is 0 Å². The fourth-order valence-corrected chi connectivity index (χ4v) is 2.12. The van der Waals surface area contributed by atoms with E-state index in [0.29, 0.717) is 5.88 Å². The molecule has 0 radical (unpaired) electrons. The van der Waals surface area contributed by atoms with Crippen molar-refractivity contribution in [2.24, 2.45) is 0 Å². The number of hydrogen-bond acceptors (Lipinski definition) is 3. The van der Waals surface area contributed by atoms with Crippen molar-refractivity contribution in [2.45, 2.75) is 26.3 Å². The summed E-state index contributed by atoms with van der Waals surface area (Å²) in [6, 6.07) is 10.1. The molecule has 0 aromatic carbocycles. The van der Waals surface area contributed by atoms with E-state index < -0.39 is 0 Å². The molecule has 0 saturated heterocycles. The van der Waals surface area contributed by atoms with Crippen molar-refractivity contribution in [1.82, 2.24) is 9.97 Å². The fraction of sp³-hybridized carbons (Fsp3) is 0.333. The Morgan fingerprint density at radius 3 is 2.79 bits per heavy atom. The standard InChI is InChI=1S/C15H18ClN3/c1-3-19(11-14-6-4-5-12(2)18-14)15-9-13(10-16)7-8-17-15/h4-9H,3,10-11H2,1-2H3. The molecule has 100 valence electrons. The maximum absolute atomic E-state index is 5.87. The van der Waals surface area contributed by atoms with E-state index >= 15 is 0 Å². The first-order valence-electron chi connectivity index (χ1n) is 6.41. The molecule has 0 aliphatic carbocycles. The normalized spacial score (nSPS) is 10.5. The maximum atomic E-state index is 5.87. The summed E-state index contributed by atoms with van der Waals surface area (Å²) in [5, 5.41) is 0. The van der Waals surface area contributed by atoms with E-state index in [-0.39, 0.29) is 0 Å². The molecule has 2 heterocycles. The number of aromatic nitrogens is 2. The summed E-state index contributed by atoms with van der Waals surface area (Å²) >= 11 is 5.87. The van der Waals surface area contributed by atoms with Gasteiger partial charge in [-0.2, -0.15) is 0 Å². The van der Waals surface area contributed by atoms with Gasteiger partial charge < -0.3 is 4.90 Å². The zero-order valence-electron chi connectivity index (χ0n) is 11.3. The molecule has 2 rings (SSSR count). The molecule has 0 unspecified atom stereocenters. The number of pyridine rings is 2. The summed E-state index contributed by atoms with van der Waals surface area (Å²) < 4.78 is 0. The van der Waals surface area contributed by atoms with E-state index in [1.165, 1.54) is 0 Å². The molecule has 0 bridgehead atoms. The van der Waals surface area contributed by atoms with Crippen LogP contribution in [-0.2, 0) is 12.4 Å². The van der Waals surface area contributed by atoms with E-state index in [4.69, 9.17) is 11.6 Å². The largest absolute Gasteiger partial charge is 0.351 e. The predicted octanol–water partition coefficient (Wildman–Crippen LogP) is 3.55. The second kappa shape index (κ2) is 6.53. The third-order valence-corrected chi connectivity index (χ3v) is 3.28. The number of halogens is 1. The summed E-state index contributed by atoms with van der Waals surface area (Å²) in [7, 11) is 0. The van der Waals surface area contributed by atoms with Crippen molar-refractivity contribution in [3.05, 3.63) is 53.5 Å². The van der Waals surface area contributed by atoms with Gasteiger partial charge in [-0.1, -0.05) is 6.07 Å². The van der Waals surface area contributed by atoms with E-state index in [0.717, 1.165) is 35.9 Å². The number of nitrogens with zero attached hydrogens (tertiary/aromatic N) is 3. The highest BCUT2D eigenvalue weighted by Crippen LogP contribution is 2.16. The van der Waals surface area contributed by atoms with Crippen molar-refractivity contribution < 1.29 is 0 Å². The predicted molar refractivity (Wildman–Crippen MR) is 79.5 cm³/mol. The zero-order valence-corrected chi connectivity index (χ0v) is 12.1. The Labute approximate surface area is 119 Å². The van der Waals surface area contributed by atoms with E-state index in [1.807, 2.05) is 37.3 Å². The molecular weight excluding hydrogens is 258 g/mol. The fourth-order valence-electron chi connectivity index (χ4n) is 1.95. The molecule has 0 amide bonds. The molecule has 0 saturated carbocycles. The van der Waals surface area contributed by atoms with Crippen molar-refractivity contribution >= 4 is 17.4 Å². The average Bonchev–Trinajstić information content (AvgIpc) is 2.45. The Morgan fingerprint density at radius 2 is 2.11 bits per heavy atom. The minimum atomic E-state index is 0.510. The molecule has 0 fully saturated rings. The number of rotatable bonds is 5. The van der Waals surface area contributed by atoms with Gasteiger partial charge in [0.05, 0.1) is 12.2 Å². The first-order valence-corrected chi connectivity index (χ1v) is 6.94. The third-order valence-electron chi connectivity index (χ3n) is 2.97. The SMILES string of the molecule is CCN(Cc1cccc(C)n1)c1cc(CCl)ccn1. The third kappa shape index (κ3) is 3.67. The number of alkyl halides is 1. The second-order valence-corrected chi connectivity index (χ2v) is 4.71. The van der Waals surface area contributed by atoms with Crippen LogP contribution in [0.3, 0.4) is 0 Å². The average molecular weight is 276 g/mol. The van der Waals surface area contributed by atoms with Crippen LogP contribution in [-0.4, -0.2) is 16.5 Å². The lowest BCUT2D eigenvalue weighted by Gasteiger charge is -2.22. The molecule has 0 aliphatic rings. The van der Waals surface area contributed by atoms with Crippen LogP contribution in [0.4, 0.5) is 5.82 Å². The smallest absolute Gasteiger partial charge is 0.129 e. The van der Waals surface area contributed by atoms with Gasteiger partial charge in [0, 0.05) is 24.3 Å². The molecule has 0 aliphatic heterocycles. The van der Waals surface area contributed by atoms with Crippen LogP contribution in [0, 0.1) is 6.92 Å². The summed E-state index contributed by atoms with van der Waals surface area (Å²) in [5.74, 6) is 1.46. The van der Waals surface area contributed by atoms with E-state index in [9.17, 15) is 0 Å². The Bertz CT molecular complexity index is 542. The first-order chi connectivity index (χ1) is 9.22. The van der Waals surface area contributed by atoms with Crippen molar-refractivity contribution in [1.29, 1.82) is 0 Å². The van der Waals surface area contributed by atoms with Crippen molar-refractivity contribution in [3.63, 3.8) is 0 Å². The van der Waals surface area contributed by atoms with Gasteiger partial charge in [0.1, 0.15) is 5.82 Å². The van der Waals surface area contributed by atoms with Crippen molar-refractivity contribution in [2.75, 3.05) is 11.4 Å². The monoisotopic (exact) mass is 275 g/mol. The first kappa shape index (κ1) is 13.8. The van der Waals surface area contributed by atoms with Gasteiger partial charge >= 0.3 is 0 Å². The van der Waals surface area contributed by atoms with Crippen LogP contribution in [0.15, 0.2) is 36.5 Å². The highest BCUT2D eigenvalue weighted by atomic mass is 35.5. The molecule has 0 atom stereocenters. The highest BCUT2D eigenvalue weighted by Gasteiger charge is 2.08. The Hall–Kier alpha value is -1.61. The number of hydrogen-bond donors (Lipinski definition) is 0. The maximum Gasteiger partial charge on any atom is 0.129 e. The van der Waals surface area contributed by atoms with E-state index in [2.05, 4.69) is 21.8 Å². The van der Waals surface area contributed by atoms with Crippen LogP contribution < -0.4 is 4.90 Å². The van der Waals surface area contributed by atoms with Gasteiger partial charge in [-0.25, -0.2) is 4.98 Å². The van der Waals surface area contributed by atoms with Crippen LogP contribution >= 0.6 is 11.6 Å². The van der Waals surface area contributed by atoms with Gasteiger partial charge in [-0.3, -0.25) is 4.98 Å². The molecule has 0 spiro atoms. The topological polar surface area (TPSA) is 29.0 Å².